The maximum absolute atomic E-state index is 12.7. The Bertz CT molecular complexity index is 920. The number of amides is 1. The van der Waals surface area contributed by atoms with Crippen LogP contribution in [0.4, 0.5) is 0 Å². The first-order chi connectivity index (χ1) is 13.4. The third kappa shape index (κ3) is 4.63. The normalized spacial score (nSPS) is 15.4. The molecule has 1 N–H and O–H groups in total. The van der Waals surface area contributed by atoms with Crippen LogP contribution in [0.2, 0.25) is 0 Å². The average Bonchev–Trinajstić information content (AvgIpc) is 2.70. The lowest BCUT2D eigenvalue weighted by Crippen LogP contribution is -2.50. The predicted octanol–water partition coefficient (Wildman–Crippen LogP) is 2.00. The van der Waals surface area contributed by atoms with E-state index in [1.165, 1.54) is 10.4 Å². The summed E-state index contributed by atoms with van der Waals surface area (Å²) in [5.74, 6) is 0.275. The molecule has 3 rings (SSSR count). The maximum atomic E-state index is 12.7. The van der Waals surface area contributed by atoms with Crippen LogP contribution in [-0.2, 0) is 14.8 Å². The Labute approximate surface area is 165 Å². The van der Waals surface area contributed by atoms with E-state index in [-0.39, 0.29) is 42.7 Å². The fourth-order valence-electron chi connectivity index (χ4n) is 3.02. The van der Waals surface area contributed by atoms with Crippen LogP contribution in [0.3, 0.4) is 0 Å². The molecule has 0 unspecified atom stereocenters. The van der Waals surface area contributed by atoms with Crippen molar-refractivity contribution < 1.29 is 23.1 Å². The zero-order chi connectivity index (χ0) is 20.1. The second kappa shape index (κ2) is 8.62. The minimum Gasteiger partial charge on any atom is -0.504 e. The minimum absolute atomic E-state index is 0.0323. The molecule has 2 aromatic carbocycles. The van der Waals surface area contributed by atoms with Gasteiger partial charge in [-0.3, -0.25) is 4.79 Å². The molecule has 1 saturated heterocycles. The van der Waals surface area contributed by atoms with Crippen LogP contribution < -0.4 is 4.74 Å². The van der Waals surface area contributed by atoms with Crippen LogP contribution in [-0.4, -0.2) is 61.4 Å². The number of sulfonamides is 1. The van der Waals surface area contributed by atoms with Crippen molar-refractivity contribution in [3.05, 3.63) is 54.1 Å². The summed E-state index contributed by atoms with van der Waals surface area (Å²) < 4.78 is 32.3. The number of phenolic OH excluding ortho intramolecular Hbond substituents is 1. The van der Waals surface area contributed by atoms with E-state index >= 15 is 0 Å². The van der Waals surface area contributed by atoms with Crippen molar-refractivity contribution in [1.29, 1.82) is 0 Å². The van der Waals surface area contributed by atoms with Crippen molar-refractivity contribution in [1.82, 2.24) is 9.21 Å². The van der Waals surface area contributed by atoms with Crippen LogP contribution in [0.25, 0.3) is 0 Å². The number of hydrogen-bond acceptors (Lipinski definition) is 5. The quantitative estimate of drug-likeness (QED) is 0.796. The van der Waals surface area contributed by atoms with Gasteiger partial charge in [-0.25, -0.2) is 8.42 Å². The van der Waals surface area contributed by atoms with Gasteiger partial charge in [0.15, 0.2) is 11.5 Å². The average molecular weight is 404 g/mol. The van der Waals surface area contributed by atoms with Gasteiger partial charge in [0.2, 0.25) is 15.9 Å². The Morgan fingerprint density at radius 2 is 1.68 bits per heavy atom. The third-order valence-corrected chi connectivity index (χ3v) is 6.60. The highest BCUT2D eigenvalue weighted by Gasteiger charge is 2.29. The summed E-state index contributed by atoms with van der Waals surface area (Å²) in [5.41, 5.74) is 1.00. The van der Waals surface area contributed by atoms with Gasteiger partial charge in [0, 0.05) is 26.2 Å². The number of benzene rings is 2. The zero-order valence-electron chi connectivity index (χ0n) is 15.7. The number of aryl methyl sites for hydroxylation is 1. The number of carbonyl (C=O) groups excluding carboxylic acids is 1. The zero-order valence-corrected chi connectivity index (χ0v) is 16.6. The molecule has 150 valence electrons. The number of ether oxygens (including phenoxy) is 1. The van der Waals surface area contributed by atoms with Gasteiger partial charge in [-0.1, -0.05) is 29.8 Å². The topological polar surface area (TPSA) is 87.2 Å². The maximum Gasteiger partial charge on any atom is 0.243 e. The fourth-order valence-corrected chi connectivity index (χ4v) is 4.44. The number of rotatable bonds is 6. The summed E-state index contributed by atoms with van der Waals surface area (Å²) in [6, 6.07) is 13.4. The standard InChI is InChI=1S/C20H24N2O5S/c1-16-6-8-17(9-7-16)28(25,26)22-13-11-21(12-14-22)20(24)10-15-27-19-5-3-2-4-18(19)23/h2-9,23H,10-15H2,1H3. The monoisotopic (exact) mass is 404 g/mol. The summed E-state index contributed by atoms with van der Waals surface area (Å²) >= 11 is 0. The van der Waals surface area contributed by atoms with Gasteiger partial charge in [-0.05, 0) is 31.2 Å². The highest BCUT2D eigenvalue weighted by molar-refractivity contribution is 7.89. The molecule has 0 aromatic heterocycles. The molecule has 0 atom stereocenters. The number of piperazine rings is 1. The summed E-state index contributed by atoms with van der Waals surface area (Å²) in [7, 11) is -3.54. The SMILES string of the molecule is Cc1ccc(S(=O)(=O)N2CCN(C(=O)CCOc3ccccc3O)CC2)cc1. The Balaban J connectivity index is 1.50. The molecule has 1 amide bonds. The van der Waals surface area contributed by atoms with Gasteiger partial charge >= 0.3 is 0 Å². The third-order valence-electron chi connectivity index (χ3n) is 4.69. The molecule has 1 heterocycles. The number of nitrogens with zero attached hydrogens (tertiary/aromatic N) is 2. The van der Waals surface area contributed by atoms with E-state index < -0.39 is 10.0 Å². The highest BCUT2D eigenvalue weighted by atomic mass is 32.2. The summed E-state index contributed by atoms with van der Waals surface area (Å²) in [4.78, 5) is 14.3. The highest BCUT2D eigenvalue weighted by Crippen LogP contribution is 2.24. The van der Waals surface area contributed by atoms with E-state index in [2.05, 4.69) is 0 Å². The van der Waals surface area contributed by atoms with Gasteiger partial charge in [0.05, 0.1) is 17.9 Å². The van der Waals surface area contributed by atoms with E-state index in [9.17, 15) is 18.3 Å². The first-order valence-electron chi connectivity index (χ1n) is 9.13. The van der Waals surface area contributed by atoms with Crippen molar-refractivity contribution in [2.45, 2.75) is 18.2 Å². The fraction of sp³-hybridized carbons (Fsp3) is 0.350. The predicted molar refractivity (Wildman–Crippen MR) is 105 cm³/mol. The lowest BCUT2D eigenvalue weighted by atomic mass is 10.2. The first-order valence-corrected chi connectivity index (χ1v) is 10.6. The Kier molecular flexibility index (Phi) is 6.21. The smallest absolute Gasteiger partial charge is 0.243 e. The van der Waals surface area contributed by atoms with E-state index in [4.69, 9.17) is 4.74 Å². The van der Waals surface area contributed by atoms with Crippen LogP contribution >= 0.6 is 0 Å². The molecule has 0 spiro atoms. The Morgan fingerprint density at radius 3 is 2.32 bits per heavy atom. The molecule has 2 aromatic rings. The van der Waals surface area contributed by atoms with E-state index in [1.54, 1.807) is 47.4 Å². The molecule has 0 saturated carbocycles. The number of phenols is 1. The number of aromatic hydroxyl groups is 1. The molecule has 0 bridgehead atoms. The molecule has 0 radical (unpaired) electrons. The van der Waals surface area contributed by atoms with Crippen molar-refractivity contribution in [3.63, 3.8) is 0 Å². The van der Waals surface area contributed by atoms with Crippen LogP contribution in [0.1, 0.15) is 12.0 Å². The minimum atomic E-state index is -3.54. The second-order valence-electron chi connectivity index (χ2n) is 6.66. The van der Waals surface area contributed by atoms with Crippen LogP contribution in [0.15, 0.2) is 53.4 Å². The van der Waals surface area contributed by atoms with Gasteiger partial charge in [0.1, 0.15) is 0 Å². The van der Waals surface area contributed by atoms with Gasteiger partial charge < -0.3 is 14.7 Å². The Morgan fingerprint density at radius 1 is 1.04 bits per heavy atom. The van der Waals surface area contributed by atoms with Gasteiger partial charge in [-0.15, -0.1) is 0 Å². The van der Waals surface area contributed by atoms with Gasteiger partial charge in [0.25, 0.3) is 0 Å². The summed E-state index contributed by atoms with van der Waals surface area (Å²) in [6.07, 6.45) is 0.166. The number of hydrogen-bond donors (Lipinski definition) is 1. The molecular weight excluding hydrogens is 380 g/mol. The molecule has 0 aliphatic carbocycles. The lowest BCUT2D eigenvalue weighted by Gasteiger charge is -2.34. The lowest BCUT2D eigenvalue weighted by molar-refractivity contribution is -0.132. The molecule has 7 nitrogen and oxygen atoms in total. The van der Waals surface area contributed by atoms with E-state index in [1.807, 2.05) is 6.92 Å². The second-order valence-corrected chi connectivity index (χ2v) is 8.60. The van der Waals surface area contributed by atoms with Crippen LogP contribution in [0.5, 0.6) is 11.5 Å². The van der Waals surface area contributed by atoms with Crippen molar-refractivity contribution in [2.24, 2.45) is 0 Å². The molecule has 1 aliphatic rings. The molecule has 28 heavy (non-hydrogen) atoms. The molecule has 1 fully saturated rings. The molecule has 1 aliphatic heterocycles. The van der Waals surface area contributed by atoms with E-state index in [0.717, 1.165) is 5.56 Å². The van der Waals surface area contributed by atoms with Crippen molar-refractivity contribution in [2.75, 3.05) is 32.8 Å². The largest absolute Gasteiger partial charge is 0.504 e. The van der Waals surface area contributed by atoms with Crippen LogP contribution in [0, 0.1) is 6.92 Å². The van der Waals surface area contributed by atoms with Crippen molar-refractivity contribution in [3.8, 4) is 11.5 Å². The van der Waals surface area contributed by atoms with Gasteiger partial charge in [-0.2, -0.15) is 4.31 Å². The summed E-state index contributed by atoms with van der Waals surface area (Å²) in [6.45, 7) is 3.29. The van der Waals surface area contributed by atoms with Crippen molar-refractivity contribution >= 4 is 15.9 Å². The first kappa shape index (κ1) is 20.2. The number of para-hydroxylation sites is 2. The molecular formula is C20H24N2O5S. The summed E-state index contributed by atoms with van der Waals surface area (Å²) in [5, 5.41) is 9.66. The Hall–Kier alpha value is -2.58. The number of carbonyl (C=O) groups is 1. The molecule has 8 heteroatoms. The van der Waals surface area contributed by atoms with E-state index in [0.29, 0.717) is 18.8 Å².